The van der Waals surface area contributed by atoms with Gasteiger partial charge in [0.2, 0.25) is 0 Å². The molecule has 0 aliphatic heterocycles. The lowest BCUT2D eigenvalue weighted by Crippen LogP contribution is -2.25. The van der Waals surface area contributed by atoms with Gasteiger partial charge >= 0.3 is 0 Å². The van der Waals surface area contributed by atoms with Gasteiger partial charge < -0.3 is 21.1 Å². The lowest BCUT2D eigenvalue weighted by Gasteiger charge is -2.21. The number of hydrogen-bond acceptors (Lipinski definition) is 4. The van der Waals surface area contributed by atoms with E-state index in [0.717, 1.165) is 6.42 Å². The van der Waals surface area contributed by atoms with Crippen LogP contribution in [0.25, 0.3) is 0 Å². The van der Waals surface area contributed by atoms with Crippen LogP contribution >= 0.6 is 0 Å². The predicted molar refractivity (Wildman–Crippen MR) is 60.6 cm³/mol. The van der Waals surface area contributed by atoms with E-state index in [1.807, 2.05) is 13.8 Å². The van der Waals surface area contributed by atoms with Crippen LogP contribution in [0.4, 0.5) is 0 Å². The van der Waals surface area contributed by atoms with Crippen LogP contribution < -0.4 is 5.73 Å². The third-order valence-corrected chi connectivity index (χ3v) is 3.82. The van der Waals surface area contributed by atoms with Crippen LogP contribution in [0.2, 0.25) is 0 Å². The van der Waals surface area contributed by atoms with Gasteiger partial charge in [-0.05, 0) is 11.8 Å². The normalized spacial score (nSPS) is 26.7. The summed E-state index contributed by atoms with van der Waals surface area (Å²) < 4.78 is 0. The molecule has 1 aliphatic rings. The van der Waals surface area contributed by atoms with Crippen LogP contribution in [0, 0.1) is 5.41 Å². The van der Waals surface area contributed by atoms with Crippen molar-refractivity contribution in [2.24, 2.45) is 11.1 Å². The monoisotopic (exact) mass is 223 g/mol. The minimum absolute atomic E-state index is 0.0340. The molecule has 1 aromatic rings. The molecule has 0 spiro atoms. The summed E-state index contributed by atoms with van der Waals surface area (Å²) in [5.74, 6) is -0.327. The highest BCUT2D eigenvalue weighted by molar-refractivity contribution is 5.57. The standard InChI is InChI=1S/C12H17NO3/c1-11(2)5-12(11,6-13)10-8(15)3-7(14)4-9(10)16/h3-4,14-16H,5-6,13H2,1-2H3. The van der Waals surface area contributed by atoms with Gasteiger partial charge in [0.05, 0.1) is 0 Å². The summed E-state index contributed by atoms with van der Waals surface area (Å²) >= 11 is 0. The molecular formula is C12H17NO3. The molecule has 1 fully saturated rings. The molecule has 4 heteroatoms. The first-order valence-corrected chi connectivity index (χ1v) is 5.29. The second kappa shape index (κ2) is 3.04. The van der Waals surface area contributed by atoms with Crippen molar-refractivity contribution >= 4 is 0 Å². The van der Waals surface area contributed by atoms with E-state index in [2.05, 4.69) is 0 Å². The van der Waals surface area contributed by atoms with Gasteiger partial charge in [-0.1, -0.05) is 13.8 Å². The highest BCUT2D eigenvalue weighted by Crippen LogP contribution is 2.67. The van der Waals surface area contributed by atoms with Crippen molar-refractivity contribution in [2.75, 3.05) is 6.54 Å². The Hall–Kier alpha value is -1.42. The average Bonchev–Trinajstić information content (AvgIpc) is 2.67. The van der Waals surface area contributed by atoms with Crippen LogP contribution in [0.5, 0.6) is 17.2 Å². The molecule has 1 aromatic carbocycles. The third kappa shape index (κ3) is 1.26. The second-order valence-electron chi connectivity index (χ2n) is 5.21. The Bertz CT molecular complexity index is 419. The number of benzene rings is 1. The zero-order valence-corrected chi connectivity index (χ0v) is 9.49. The van der Waals surface area contributed by atoms with E-state index in [9.17, 15) is 15.3 Å². The third-order valence-electron chi connectivity index (χ3n) is 3.82. The fourth-order valence-corrected chi connectivity index (χ4v) is 2.68. The quantitative estimate of drug-likeness (QED) is 0.611. The molecule has 2 rings (SSSR count). The van der Waals surface area contributed by atoms with Gasteiger partial charge in [-0.2, -0.15) is 0 Å². The van der Waals surface area contributed by atoms with Gasteiger partial charge in [-0.25, -0.2) is 0 Å². The first-order valence-electron chi connectivity index (χ1n) is 5.29. The molecule has 5 N–H and O–H groups in total. The molecular weight excluding hydrogens is 206 g/mol. The summed E-state index contributed by atoms with van der Waals surface area (Å²) in [4.78, 5) is 0. The molecule has 1 atom stereocenters. The van der Waals surface area contributed by atoms with Crippen LogP contribution in [0.15, 0.2) is 12.1 Å². The van der Waals surface area contributed by atoms with E-state index < -0.39 is 0 Å². The van der Waals surface area contributed by atoms with Crippen LogP contribution in [0.1, 0.15) is 25.8 Å². The van der Waals surface area contributed by atoms with Gasteiger partial charge in [0.25, 0.3) is 0 Å². The largest absolute Gasteiger partial charge is 0.508 e. The molecule has 0 aromatic heterocycles. The molecule has 0 heterocycles. The zero-order valence-electron chi connectivity index (χ0n) is 9.49. The van der Waals surface area contributed by atoms with Gasteiger partial charge in [0.15, 0.2) is 0 Å². The topological polar surface area (TPSA) is 86.7 Å². The Morgan fingerprint density at radius 2 is 1.62 bits per heavy atom. The maximum atomic E-state index is 9.84. The summed E-state index contributed by atoms with van der Waals surface area (Å²) in [6, 6.07) is 2.47. The highest BCUT2D eigenvalue weighted by Gasteiger charge is 2.63. The van der Waals surface area contributed by atoms with Crippen molar-refractivity contribution in [1.82, 2.24) is 0 Å². The number of phenolic OH excluding ortho intramolecular Hbond substituents is 3. The lowest BCUT2D eigenvalue weighted by molar-refractivity contribution is 0.393. The molecule has 16 heavy (non-hydrogen) atoms. The van der Waals surface area contributed by atoms with Crippen molar-refractivity contribution in [3.05, 3.63) is 17.7 Å². The number of hydrogen-bond donors (Lipinski definition) is 4. The second-order valence-corrected chi connectivity index (χ2v) is 5.21. The van der Waals surface area contributed by atoms with E-state index in [-0.39, 0.29) is 28.1 Å². The molecule has 1 unspecified atom stereocenters. The number of phenols is 3. The van der Waals surface area contributed by atoms with Crippen LogP contribution in [-0.2, 0) is 5.41 Å². The Labute approximate surface area is 94.3 Å². The molecule has 0 radical (unpaired) electrons. The number of rotatable bonds is 2. The van der Waals surface area contributed by atoms with Crippen molar-refractivity contribution in [1.29, 1.82) is 0 Å². The molecule has 88 valence electrons. The van der Waals surface area contributed by atoms with Gasteiger partial charge in [-0.3, -0.25) is 0 Å². The lowest BCUT2D eigenvalue weighted by atomic mass is 9.86. The molecule has 4 nitrogen and oxygen atoms in total. The molecule has 1 saturated carbocycles. The minimum Gasteiger partial charge on any atom is -0.508 e. The predicted octanol–water partition coefficient (Wildman–Crippen LogP) is 1.43. The molecule has 1 aliphatic carbocycles. The Morgan fingerprint density at radius 3 is 1.94 bits per heavy atom. The van der Waals surface area contributed by atoms with Crippen LogP contribution in [-0.4, -0.2) is 21.9 Å². The summed E-state index contributed by atoms with van der Waals surface area (Å²) in [5.41, 5.74) is 5.81. The first-order chi connectivity index (χ1) is 7.34. The minimum atomic E-state index is -0.380. The number of nitrogens with two attached hydrogens (primary N) is 1. The van der Waals surface area contributed by atoms with Gasteiger partial charge in [0, 0.05) is 29.7 Å². The first kappa shape index (κ1) is 11.1. The van der Waals surface area contributed by atoms with Crippen LogP contribution in [0.3, 0.4) is 0 Å². The highest BCUT2D eigenvalue weighted by atomic mass is 16.3. The average molecular weight is 223 g/mol. The number of aromatic hydroxyl groups is 3. The van der Waals surface area contributed by atoms with Crippen molar-refractivity contribution < 1.29 is 15.3 Å². The van der Waals surface area contributed by atoms with Gasteiger partial charge in [-0.15, -0.1) is 0 Å². The van der Waals surface area contributed by atoms with Crippen molar-refractivity contribution in [3.8, 4) is 17.2 Å². The zero-order chi connectivity index (χ0) is 12.1. The Kier molecular flexibility index (Phi) is 2.11. The summed E-state index contributed by atoms with van der Waals surface area (Å²) in [5, 5.41) is 28.9. The Balaban J connectivity index is 2.58. The maximum absolute atomic E-state index is 9.84. The van der Waals surface area contributed by atoms with Gasteiger partial charge in [0.1, 0.15) is 17.2 Å². The fourth-order valence-electron chi connectivity index (χ4n) is 2.68. The van der Waals surface area contributed by atoms with E-state index in [1.54, 1.807) is 0 Å². The van der Waals surface area contributed by atoms with E-state index in [4.69, 9.17) is 5.73 Å². The maximum Gasteiger partial charge on any atom is 0.126 e. The Morgan fingerprint density at radius 1 is 1.19 bits per heavy atom. The fraction of sp³-hybridized carbons (Fsp3) is 0.500. The summed E-state index contributed by atoms with van der Waals surface area (Å²) in [6.07, 6.45) is 0.822. The summed E-state index contributed by atoms with van der Waals surface area (Å²) in [7, 11) is 0. The summed E-state index contributed by atoms with van der Waals surface area (Å²) in [6.45, 7) is 4.46. The van der Waals surface area contributed by atoms with E-state index >= 15 is 0 Å². The molecule has 0 saturated heterocycles. The van der Waals surface area contributed by atoms with E-state index in [0.29, 0.717) is 12.1 Å². The molecule has 0 amide bonds. The molecule has 0 bridgehead atoms. The van der Waals surface area contributed by atoms with E-state index in [1.165, 1.54) is 12.1 Å². The SMILES string of the molecule is CC1(C)CC1(CN)c1c(O)cc(O)cc1O. The van der Waals surface area contributed by atoms with Crippen molar-refractivity contribution in [2.45, 2.75) is 25.7 Å². The van der Waals surface area contributed by atoms with Crippen molar-refractivity contribution in [3.63, 3.8) is 0 Å². The smallest absolute Gasteiger partial charge is 0.126 e.